The zero-order chi connectivity index (χ0) is 23.4. The molecule has 6 nitrogen and oxygen atoms in total. The summed E-state index contributed by atoms with van der Waals surface area (Å²) in [5, 5.41) is 2.79. The Labute approximate surface area is 214 Å². The van der Waals surface area contributed by atoms with Gasteiger partial charge in [-0.1, -0.05) is 24.3 Å². The number of H-pyrrole nitrogens is 1. The average molecular weight is 522 g/mol. The summed E-state index contributed by atoms with van der Waals surface area (Å²) in [7, 11) is 0. The second-order valence-electron chi connectivity index (χ2n) is 7.92. The third kappa shape index (κ3) is 6.76. The number of hydrogen-bond donors (Lipinski definition) is 4. The van der Waals surface area contributed by atoms with Crippen molar-refractivity contribution >= 4 is 41.8 Å². The lowest BCUT2D eigenvalue weighted by atomic mass is 9.94. The van der Waals surface area contributed by atoms with Gasteiger partial charge >= 0.3 is 0 Å². The van der Waals surface area contributed by atoms with Crippen LogP contribution in [0.15, 0.2) is 60.7 Å². The van der Waals surface area contributed by atoms with Crippen LogP contribution < -0.4 is 16.8 Å². The van der Waals surface area contributed by atoms with Gasteiger partial charge in [0, 0.05) is 12.6 Å². The molecule has 186 valence electrons. The van der Waals surface area contributed by atoms with Gasteiger partial charge in [0.1, 0.15) is 11.6 Å². The molecule has 0 radical (unpaired) electrons. The van der Waals surface area contributed by atoms with Crippen molar-refractivity contribution in [2.75, 3.05) is 13.1 Å². The van der Waals surface area contributed by atoms with Gasteiger partial charge in [0.05, 0.1) is 11.0 Å². The first-order chi connectivity index (χ1) is 15.9. The van der Waals surface area contributed by atoms with Gasteiger partial charge < -0.3 is 21.8 Å². The lowest BCUT2D eigenvalue weighted by Crippen LogP contribution is -2.37. The van der Waals surface area contributed by atoms with E-state index < -0.39 is 0 Å². The molecular weight excluding hydrogens is 495 g/mol. The molecule has 1 atom stereocenters. The van der Waals surface area contributed by atoms with Crippen molar-refractivity contribution in [2.24, 2.45) is 11.5 Å². The van der Waals surface area contributed by atoms with Gasteiger partial charge in [-0.25, -0.2) is 13.8 Å². The van der Waals surface area contributed by atoms with E-state index in [0.717, 1.165) is 35.1 Å². The number of hydrogen-bond acceptors (Lipinski definition) is 4. The summed E-state index contributed by atoms with van der Waals surface area (Å²) < 4.78 is 27.0. The largest absolute Gasteiger partial charge is 0.348 e. The minimum absolute atomic E-state index is 0. The van der Waals surface area contributed by atoms with E-state index in [0.29, 0.717) is 24.1 Å². The Kier molecular flexibility index (Phi) is 10.2. The van der Waals surface area contributed by atoms with E-state index in [4.69, 9.17) is 11.5 Å². The van der Waals surface area contributed by atoms with Gasteiger partial charge in [-0.2, -0.15) is 0 Å². The quantitative estimate of drug-likeness (QED) is 0.266. The van der Waals surface area contributed by atoms with Crippen LogP contribution in [0.3, 0.4) is 0 Å². The number of carbonyl (C=O) groups is 1. The Bertz CT molecular complexity index is 1180. The van der Waals surface area contributed by atoms with Gasteiger partial charge in [-0.15, -0.1) is 24.8 Å². The molecule has 0 fully saturated rings. The van der Waals surface area contributed by atoms with Crippen LogP contribution in [0.1, 0.15) is 23.5 Å². The van der Waals surface area contributed by atoms with Crippen molar-refractivity contribution in [3.63, 3.8) is 0 Å². The van der Waals surface area contributed by atoms with Gasteiger partial charge in [0.25, 0.3) is 5.91 Å². The van der Waals surface area contributed by atoms with Crippen molar-refractivity contribution in [2.45, 2.75) is 18.9 Å². The number of rotatable bonds is 8. The van der Waals surface area contributed by atoms with E-state index in [1.807, 2.05) is 12.1 Å². The third-order valence-electron chi connectivity index (χ3n) is 5.45. The number of aromatic nitrogens is 2. The molecule has 4 rings (SSSR count). The lowest BCUT2D eigenvalue weighted by Gasteiger charge is -2.11. The molecule has 35 heavy (non-hydrogen) atoms. The normalized spacial score (nSPS) is 11.4. The second-order valence-corrected chi connectivity index (χ2v) is 7.92. The molecule has 0 aliphatic carbocycles. The van der Waals surface area contributed by atoms with Gasteiger partial charge in [-0.3, -0.25) is 4.79 Å². The summed E-state index contributed by atoms with van der Waals surface area (Å²) in [5.41, 5.74) is 15.9. The molecule has 0 saturated carbocycles. The highest BCUT2D eigenvalue weighted by Crippen LogP contribution is 2.35. The Morgan fingerprint density at radius 3 is 2.03 bits per heavy atom. The number of amides is 1. The second kappa shape index (κ2) is 12.6. The Balaban J connectivity index is 0.00000216. The maximum atomic E-state index is 13.5. The van der Waals surface area contributed by atoms with Gasteiger partial charge in [0.15, 0.2) is 5.82 Å². The molecule has 0 bridgehead atoms. The highest BCUT2D eigenvalue weighted by atomic mass is 35.5. The standard InChI is InChI=1S/C25H25F2N5O.2ClH/c26-17-7-3-15(4-8-17)20-12-22-23(13-21(20)16-5-9-18(27)10-6-16)32-24(31-22)25(33)30-14-19(29)2-1-11-28;;/h3-10,12-13,19H,1-2,11,14,28-29H2,(H,30,33)(H,31,32);2*1H/t19-;;/m0../s1. The molecule has 0 saturated heterocycles. The number of carbonyl (C=O) groups excluding carboxylic acids is 1. The summed E-state index contributed by atoms with van der Waals surface area (Å²) in [5.74, 6) is -0.877. The highest BCUT2D eigenvalue weighted by molar-refractivity contribution is 5.98. The SMILES string of the molecule is Cl.Cl.NCCC[C@H](N)CNC(=O)c1nc2cc(-c3ccc(F)cc3)c(-c3ccc(F)cc3)cc2[nH]1. The number of fused-ring (bicyclic) bond motifs is 1. The summed E-state index contributed by atoms with van der Waals surface area (Å²) in [4.78, 5) is 20.1. The predicted octanol–water partition coefficient (Wildman–Crippen LogP) is 4.81. The molecule has 1 heterocycles. The van der Waals surface area contributed by atoms with Crippen LogP contribution in [0.4, 0.5) is 8.78 Å². The molecule has 0 spiro atoms. The van der Waals surface area contributed by atoms with Crippen molar-refractivity contribution in [1.29, 1.82) is 0 Å². The molecule has 3 aromatic carbocycles. The van der Waals surface area contributed by atoms with Crippen molar-refractivity contribution in [3.05, 3.63) is 78.1 Å². The molecule has 0 aliphatic heterocycles. The molecule has 1 amide bonds. The molecule has 6 N–H and O–H groups in total. The molecule has 0 unspecified atom stereocenters. The van der Waals surface area contributed by atoms with E-state index in [2.05, 4.69) is 15.3 Å². The lowest BCUT2D eigenvalue weighted by molar-refractivity contribution is 0.0941. The number of imidazole rings is 1. The van der Waals surface area contributed by atoms with Crippen LogP contribution in [0.2, 0.25) is 0 Å². The van der Waals surface area contributed by atoms with Crippen LogP contribution in [-0.2, 0) is 0 Å². The van der Waals surface area contributed by atoms with Crippen LogP contribution in [0.5, 0.6) is 0 Å². The molecule has 1 aromatic heterocycles. The zero-order valence-corrected chi connectivity index (χ0v) is 20.4. The monoisotopic (exact) mass is 521 g/mol. The Hall–Kier alpha value is -3.04. The fourth-order valence-corrected chi connectivity index (χ4v) is 3.69. The first-order valence-corrected chi connectivity index (χ1v) is 10.7. The topological polar surface area (TPSA) is 110 Å². The predicted molar refractivity (Wildman–Crippen MR) is 140 cm³/mol. The van der Waals surface area contributed by atoms with Crippen LogP contribution in [-0.4, -0.2) is 35.0 Å². The number of halogens is 4. The first-order valence-electron chi connectivity index (χ1n) is 10.7. The summed E-state index contributed by atoms with van der Waals surface area (Å²) >= 11 is 0. The van der Waals surface area contributed by atoms with E-state index in [9.17, 15) is 13.6 Å². The molecule has 10 heteroatoms. The van der Waals surface area contributed by atoms with Crippen LogP contribution in [0.25, 0.3) is 33.3 Å². The fourth-order valence-electron chi connectivity index (χ4n) is 3.69. The van der Waals surface area contributed by atoms with Crippen LogP contribution >= 0.6 is 24.8 Å². The minimum Gasteiger partial charge on any atom is -0.348 e. The average Bonchev–Trinajstić information content (AvgIpc) is 3.24. The van der Waals surface area contributed by atoms with E-state index in [1.165, 1.54) is 24.3 Å². The van der Waals surface area contributed by atoms with E-state index in [1.54, 1.807) is 24.3 Å². The third-order valence-corrected chi connectivity index (χ3v) is 5.45. The van der Waals surface area contributed by atoms with Gasteiger partial charge in [-0.05, 0) is 78.0 Å². The highest BCUT2D eigenvalue weighted by Gasteiger charge is 2.16. The number of aromatic amines is 1. The van der Waals surface area contributed by atoms with Crippen LogP contribution in [0, 0.1) is 11.6 Å². The molecule has 4 aromatic rings. The first kappa shape index (κ1) is 28.2. The minimum atomic E-state index is -0.360. The number of benzene rings is 3. The van der Waals surface area contributed by atoms with Crippen molar-refractivity contribution < 1.29 is 13.6 Å². The Morgan fingerprint density at radius 1 is 0.943 bits per heavy atom. The number of nitrogens with zero attached hydrogens (tertiary/aromatic N) is 1. The number of nitrogens with two attached hydrogens (primary N) is 2. The smallest absolute Gasteiger partial charge is 0.287 e. The zero-order valence-electron chi connectivity index (χ0n) is 18.8. The van der Waals surface area contributed by atoms with Crippen molar-refractivity contribution in [1.82, 2.24) is 15.3 Å². The maximum absolute atomic E-state index is 13.5. The van der Waals surface area contributed by atoms with E-state index >= 15 is 0 Å². The summed E-state index contributed by atoms with van der Waals surface area (Å²) in [6.07, 6.45) is 1.51. The number of nitrogens with one attached hydrogen (secondary N) is 2. The van der Waals surface area contributed by atoms with Crippen molar-refractivity contribution in [3.8, 4) is 22.3 Å². The van der Waals surface area contributed by atoms with E-state index in [-0.39, 0.29) is 54.2 Å². The molecular formula is C25H27Cl2F2N5O. The Morgan fingerprint density at radius 2 is 1.49 bits per heavy atom. The summed E-state index contributed by atoms with van der Waals surface area (Å²) in [6.45, 7) is 0.871. The summed E-state index contributed by atoms with van der Waals surface area (Å²) in [6, 6.07) is 15.7. The van der Waals surface area contributed by atoms with Gasteiger partial charge in [0.2, 0.25) is 0 Å². The maximum Gasteiger partial charge on any atom is 0.287 e. The molecule has 0 aliphatic rings. The fraction of sp³-hybridized carbons (Fsp3) is 0.200.